The van der Waals surface area contributed by atoms with Gasteiger partial charge in [-0.05, 0) is 78.4 Å². The van der Waals surface area contributed by atoms with Crippen molar-refractivity contribution in [2.75, 3.05) is 12.4 Å². The Balaban J connectivity index is 1.23. The van der Waals surface area contributed by atoms with E-state index < -0.39 is 0 Å². The van der Waals surface area contributed by atoms with Gasteiger partial charge in [0.2, 0.25) is 0 Å². The summed E-state index contributed by atoms with van der Waals surface area (Å²) in [6.07, 6.45) is 14.2. The third kappa shape index (κ3) is 4.81. The van der Waals surface area contributed by atoms with Crippen molar-refractivity contribution in [3.8, 4) is 46.5 Å². The average Bonchev–Trinajstić information content (AvgIpc) is 3.86. The molecule has 3 heterocycles. The first kappa shape index (κ1) is 31.8. The number of thioether (sulfide) groups is 1. The molecule has 3 unspecified atom stereocenters. The van der Waals surface area contributed by atoms with Crippen LogP contribution in [0.4, 0.5) is 5.69 Å². The number of nitrogens with one attached hydrogen (secondary N) is 1. The van der Waals surface area contributed by atoms with Crippen molar-refractivity contribution in [2.24, 2.45) is 5.92 Å². The number of aromatic nitrogens is 2. The van der Waals surface area contributed by atoms with Gasteiger partial charge < -0.3 is 14.5 Å². The van der Waals surface area contributed by atoms with Gasteiger partial charge in [0, 0.05) is 67.9 Å². The summed E-state index contributed by atoms with van der Waals surface area (Å²) in [4.78, 5) is 2.40. The van der Waals surface area contributed by atoms with Gasteiger partial charge >= 0.3 is 0 Å². The highest BCUT2D eigenvalue weighted by atomic mass is 32.2. The van der Waals surface area contributed by atoms with Gasteiger partial charge in [0.25, 0.3) is 0 Å². The van der Waals surface area contributed by atoms with Crippen molar-refractivity contribution in [1.82, 2.24) is 9.13 Å². The Morgan fingerprint density at radius 1 is 0.782 bits per heavy atom. The van der Waals surface area contributed by atoms with Crippen LogP contribution in [0.5, 0.6) is 0 Å². The normalized spacial score (nSPS) is 19.4. The number of hydrogen-bond acceptors (Lipinski definition) is 4. The highest BCUT2D eigenvalue weighted by Gasteiger charge is 2.43. The minimum absolute atomic E-state index is 0.0320. The first-order chi connectivity index (χ1) is 27.1. The van der Waals surface area contributed by atoms with E-state index in [9.17, 15) is 10.5 Å². The molecule has 11 rings (SSSR count). The van der Waals surface area contributed by atoms with Gasteiger partial charge in [0.1, 0.15) is 12.1 Å². The average molecular weight is 724 g/mol. The zero-order chi connectivity index (χ0) is 36.8. The van der Waals surface area contributed by atoms with Crippen LogP contribution in [0.3, 0.4) is 0 Å². The molecular weight excluding hydrogens is 691 g/mol. The van der Waals surface area contributed by atoms with Gasteiger partial charge in [0.05, 0.1) is 45.0 Å². The Morgan fingerprint density at radius 3 is 2.44 bits per heavy atom. The van der Waals surface area contributed by atoms with Crippen molar-refractivity contribution in [3.63, 3.8) is 0 Å². The SMILES string of the molecule is CNc1ccccc1-c1ccc2c(c1)c1c(n2-c2cc(C#N)c(C#N)cc2-n2c3ccccc3c3cc4c(cc32)SC2=CC4C#CC/C=C\2)C2CC2CC=C1. The molecule has 5 nitrogen and oxygen atoms in total. The molecule has 0 amide bonds. The molecular formula is C49H33N5S. The molecule has 0 radical (unpaired) electrons. The predicted molar refractivity (Wildman–Crippen MR) is 225 cm³/mol. The van der Waals surface area contributed by atoms with Crippen LogP contribution in [0, 0.1) is 40.4 Å². The zero-order valence-electron chi connectivity index (χ0n) is 30.1. The van der Waals surface area contributed by atoms with E-state index in [4.69, 9.17) is 0 Å². The highest BCUT2D eigenvalue weighted by molar-refractivity contribution is 8.03. The molecule has 0 saturated heterocycles. The predicted octanol–water partition coefficient (Wildman–Crippen LogP) is 11.7. The van der Waals surface area contributed by atoms with Crippen LogP contribution in [-0.4, -0.2) is 16.2 Å². The molecule has 1 saturated carbocycles. The summed E-state index contributed by atoms with van der Waals surface area (Å²) in [6, 6.07) is 37.1. The van der Waals surface area contributed by atoms with Crippen molar-refractivity contribution < 1.29 is 0 Å². The van der Waals surface area contributed by atoms with Crippen LogP contribution in [0.2, 0.25) is 0 Å². The Morgan fingerprint density at radius 2 is 1.58 bits per heavy atom. The number of nitrogens with zero attached hydrogens (tertiary/aromatic N) is 4. The van der Waals surface area contributed by atoms with E-state index in [1.54, 1.807) is 11.8 Å². The smallest absolute Gasteiger partial charge is 0.101 e. The number of allylic oxidation sites excluding steroid dienone is 4. The molecule has 5 aromatic carbocycles. The first-order valence-corrected chi connectivity index (χ1v) is 19.7. The summed E-state index contributed by atoms with van der Waals surface area (Å²) in [7, 11) is 1.97. The minimum atomic E-state index is 0.0320. The maximum atomic E-state index is 10.5. The van der Waals surface area contributed by atoms with Crippen LogP contribution in [0.25, 0.3) is 61.3 Å². The van der Waals surface area contributed by atoms with Gasteiger partial charge in [-0.1, -0.05) is 96.4 Å². The van der Waals surface area contributed by atoms with Crippen LogP contribution < -0.4 is 5.32 Å². The second-order valence-corrected chi connectivity index (χ2v) is 16.0. The zero-order valence-corrected chi connectivity index (χ0v) is 30.9. The highest BCUT2D eigenvalue weighted by Crippen LogP contribution is 2.56. The van der Waals surface area contributed by atoms with E-state index in [-0.39, 0.29) is 5.92 Å². The quantitative estimate of drug-likeness (QED) is 0.184. The molecule has 1 fully saturated rings. The molecule has 55 heavy (non-hydrogen) atoms. The van der Waals surface area contributed by atoms with E-state index >= 15 is 0 Å². The van der Waals surface area contributed by atoms with E-state index in [0.717, 1.165) is 74.8 Å². The van der Waals surface area contributed by atoms with Gasteiger partial charge in [-0.3, -0.25) is 0 Å². The summed E-state index contributed by atoms with van der Waals surface area (Å²) in [5, 5.41) is 27.8. The lowest BCUT2D eigenvalue weighted by Gasteiger charge is -2.22. The first-order valence-electron chi connectivity index (χ1n) is 18.9. The second-order valence-electron chi connectivity index (χ2n) is 14.8. The lowest BCUT2D eigenvalue weighted by molar-refractivity contribution is 0.800. The van der Waals surface area contributed by atoms with E-state index in [0.29, 0.717) is 23.0 Å². The fourth-order valence-corrected chi connectivity index (χ4v) is 10.3. The minimum Gasteiger partial charge on any atom is -0.388 e. The summed E-state index contributed by atoms with van der Waals surface area (Å²) in [5.41, 5.74) is 12.9. The number of fused-ring (bicyclic) bond motifs is 11. The fourth-order valence-electron chi connectivity index (χ4n) is 9.21. The van der Waals surface area contributed by atoms with Crippen LogP contribution >= 0.6 is 11.8 Å². The summed E-state index contributed by atoms with van der Waals surface area (Å²) in [6.45, 7) is 0. The van der Waals surface area contributed by atoms with Gasteiger partial charge in [-0.15, -0.1) is 0 Å². The lowest BCUT2D eigenvalue weighted by atomic mass is 9.95. The monoisotopic (exact) mass is 723 g/mol. The topological polar surface area (TPSA) is 69.5 Å². The molecule has 260 valence electrons. The summed E-state index contributed by atoms with van der Waals surface area (Å²) in [5.74, 6) is 7.88. The number of benzene rings is 5. The van der Waals surface area contributed by atoms with Crippen LogP contribution in [0.1, 0.15) is 59.0 Å². The van der Waals surface area contributed by atoms with Crippen LogP contribution in [-0.2, 0) is 0 Å². The molecule has 7 aromatic rings. The Labute approximate surface area is 323 Å². The van der Waals surface area contributed by atoms with E-state index in [1.165, 1.54) is 32.0 Å². The number of rotatable bonds is 4. The molecule has 1 N–H and O–H groups in total. The fraction of sp³-hybridized carbons (Fsp3) is 0.143. The summed E-state index contributed by atoms with van der Waals surface area (Å²) < 4.78 is 4.75. The maximum Gasteiger partial charge on any atom is 0.101 e. The third-order valence-corrected chi connectivity index (χ3v) is 12.9. The third-order valence-electron chi connectivity index (χ3n) is 11.8. The largest absolute Gasteiger partial charge is 0.388 e. The van der Waals surface area contributed by atoms with Gasteiger partial charge in [0.15, 0.2) is 0 Å². The van der Waals surface area contributed by atoms with Crippen molar-refractivity contribution in [1.29, 1.82) is 10.5 Å². The lowest BCUT2D eigenvalue weighted by Crippen LogP contribution is -2.08. The van der Waals surface area contributed by atoms with Crippen LogP contribution in [0.15, 0.2) is 125 Å². The molecule has 6 heteroatoms. The Bertz CT molecular complexity index is 3090. The molecule has 4 aliphatic rings. The molecule has 0 spiro atoms. The molecule has 1 aliphatic heterocycles. The molecule has 3 atom stereocenters. The van der Waals surface area contributed by atoms with Crippen molar-refractivity contribution in [2.45, 2.75) is 36.0 Å². The summed E-state index contributed by atoms with van der Waals surface area (Å²) >= 11 is 1.79. The molecule has 2 aromatic heterocycles. The van der Waals surface area contributed by atoms with Gasteiger partial charge in [-0.25, -0.2) is 0 Å². The Hall–Kier alpha value is -6.65. The standard InChI is InChI=1S/C49H33N5S/c1-52-42-16-7-5-13-35(42)31-18-19-44-40(22-31)37-15-9-11-30-21-39(30)49(37)54(44)47-24-33(28-51)32(27-50)23-46(47)53-43-17-8-6-14-36(43)41-25-38-29-10-3-2-4-12-34(20-29)55-48(38)26-45(41)53/h4-9,12-20,22-26,29-30,39,52H,2,11,21H2,1H3/b12-4-. The van der Waals surface area contributed by atoms with Crippen molar-refractivity contribution in [3.05, 3.63) is 148 Å². The molecule has 3 aliphatic carbocycles. The number of anilines is 1. The number of para-hydroxylation sites is 2. The maximum absolute atomic E-state index is 10.5. The number of nitriles is 2. The molecule has 2 bridgehead atoms. The van der Waals surface area contributed by atoms with E-state index in [1.807, 2.05) is 19.2 Å². The number of hydrogen-bond donors (Lipinski definition) is 1. The second kappa shape index (κ2) is 12.2. The van der Waals surface area contributed by atoms with Gasteiger partial charge in [-0.2, -0.15) is 10.5 Å². The van der Waals surface area contributed by atoms with E-state index in [2.05, 4.69) is 148 Å². The Kier molecular flexibility index (Phi) is 7.06. The van der Waals surface area contributed by atoms with Crippen molar-refractivity contribution >= 4 is 56.2 Å².